The highest BCUT2D eigenvalue weighted by Gasteiger charge is 2.26. The van der Waals surface area contributed by atoms with E-state index >= 15 is 0 Å². The van der Waals surface area contributed by atoms with Crippen LogP contribution in [0.15, 0.2) is 255 Å². The van der Waals surface area contributed by atoms with Gasteiger partial charge in [-0.3, -0.25) is 0 Å². The number of rotatable bonds is 8. The van der Waals surface area contributed by atoms with Crippen molar-refractivity contribution in [1.82, 2.24) is 24.1 Å². The lowest BCUT2D eigenvalue weighted by Crippen LogP contribution is -2.06. The molecule has 0 aliphatic rings. The molecule has 8 nitrogen and oxygen atoms in total. The van der Waals surface area contributed by atoms with Crippen LogP contribution in [0.25, 0.3) is 163 Å². The highest BCUT2D eigenvalue weighted by molar-refractivity contribution is 7.26. The number of hydrogen-bond donors (Lipinski definition) is 0. The van der Waals surface area contributed by atoms with Gasteiger partial charge in [0.1, 0.15) is 0 Å². The van der Waals surface area contributed by atoms with E-state index in [1.54, 1.807) is 22.7 Å². The first-order chi connectivity index (χ1) is 43.5. The molecule has 0 atom stereocenters. The first-order valence-electron chi connectivity index (χ1n) is 28.8. The average molecular weight is 1160 g/mol. The second kappa shape index (κ2) is 20.2. The first kappa shape index (κ1) is 50.7. The molecule has 0 saturated carbocycles. The van der Waals surface area contributed by atoms with Crippen LogP contribution in [0.4, 0.5) is 0 Å². The van der Waals surface area contributed by atoms with Crippen molar-refractivity contribution in [2.24, 2.45) is 0 Å². The van der Waals surface area contributed by atoms with Crippen molar-refractivity contribution in [3.05, 3.63) is 271 Å². The van der Waals surface area contributed by atoms with Crippen molar-refractivity contribution >= 4 is 107 Å². The Bertz CT molecular complexity index is 5630. The van der Waals surface area contributed by atoms with Gasteiger partial charge in [-0.05, 0) is 130 Å². The molecule has 0 bridgehead atoms. The van der Waals surface area contributed by atoms with Crippen molar-refractivity contribution in [3.63, 3.8) is 0 Å². The average Bonchev–Trinajstić information content (AvgIpc) is 1.65. The van der Waals surface area contributed by atoms with Gasteiger partial charge in [0.25, 0.3) is 0 Å². The zero-order valence-corrected chi connectivity index (χ0v) is 48.3. The molecule has 0 aliphatic carbocycles. The van der Waals surface area contributed by atoms with E-state index in [0.29, 0.717) is 34.2 Å². The summed E-state index contributed by atoms with van der Waals surface area (Å²) in [4.78, 5) is 16.8. The number of nitriles is 3. The third-order valence-corrected chi connectivity index (χ3v) is 19.4. The molecule has 0 aliphatic heterocycles. The van der Waals surface area contributed by atoms with Gasteiger partial charge in [0, 0.05) is 78.6 Å². The predicted molar refractivity (Wildman–Crippen MR) is 361 cm³/mol. The Morgan fingerprint density at radius 1 is 0.273 bits per heavy atom. The van der Waals surface area contributed by atoms with Gasteiger partial charge in [0.15, 0.2) is 17.5 Å². The van der Waals surface area contributed by atoms with Crippen LogP contribution in [-0.2, 0) is 0 Å². The Morgan fingerprint density at radius 3 is 1.23 bits per heavy atom. The molecule has 17 aromatic rings. The molecule has 406 valence electrons. The maximum absolute atomic E-state index is 10.6. The molecule has 5 heterocycles. The van der Waals surface area contributed by atoms with Crippen LogP contribution in [0.1, 0.15) is 16.7 Å². The Kier molecular flexibility index (Phi) is 11.6. The highest BCUT2D eigenvalue weighted by atomic mass is 32.1. The fourth-order valence-electron chi connectivity index (χ4n) is 13.0. The molecule has 12 aromatic carbocycles. The minimum absolute atomic E-state index is 0.439. The third kappa shape index (κ3) is 8.04. The summed E-state index contributed by atoms with van der Waals surface area (Å²) < 4.78 is 9.47. The van der Waals surface area contributed by atoms with Crippen LogP contribution in [0.2, 0.25) is 0 Å². The Labute approximate surface area is 511 Å². The minimum atomic E-state index is 0.439. The number of hydrogen-bond acceptors (Lipinski definition) is 8. The molecule has 0 radical (unpaired) electrons. The van der Waals surface area contributed by atoms with Crippen LogP contribution >= 0.6 is 22.7 Å². The summed E-state index contributed by atoms with van der Waals surface area (Å²) in [5.74, 6) is 1.33. The maximum Gasteiger partial charge on any atom is 0.166 e. The second-order valence-corrected chi connectivity index (χ2v) is 24.2. The van der Waals surface area contributed by atoms with E-state index in [0.717, 1.165) is 105 Å². The van der Waals surface area contributed by atoms with E-state index in [-0.39, 0.29) is 0 Å². The molecule has 0 N–H and O–H groups in total. The van der Waals surface area contributed by atoms with Crippen LogP contribution in [-0.4, -0.2) is 24.1 Å². The lowest BCUT2D eigenvalue weighted by Gasteiger charge is -2.18. The van der Waals surface area contributed by atoms with E-state index < -0.39 is 0 Å². The van der Waals surface area contributed by atoms with Gasteiger partial charge in [-0.1, -0.05) is 158 Å². The fraction of sp³-hybridized carbons (Fsp3) is 0. The number of benzene rings is 12. The zero-order chi connectivity index (χ0) is 58.6. The molecule has 0 unspecified atom stereocenters. The maximum atomic E-state index is 10.6. The van der Waals surface area contributed by atoms with Crippen molar-refractivity contribution in [2.75, 3.05) is 0 Å². The van der Waals surface area contributed by atoms with Gasteiger partial charge < -0.3 is 9.13 Å². The number of aromatic nitrogens is 5. The van der Waals surface area contributed by atoms with E-state index in [2.05, 4.69) is 185 Å². The quantitative estimate of drug-likeness (QED) is 0.149. The summed E-state index contributed by atoms with van der Waals surface area (Å²) in [6.07, 6.45) is 0. The van der Waals surface area contributed by atoms with Crippen LogP contribution in [0, 0.1) is 34.0 Å². The molecule has 10 heteroatoms. The second-order valence-electron chi connectivity index (χ2n) is 22.0. The molecular weight excluding hydrogens is 1110 g/mol. The van der Waals surface area contributed by atoms with E-state index in [9.17, 15) is 15.8 Å². The highest BCUT2D eigenvalue weighted by Crippen LogP contribution is 2.46. The van der Waals surface area contributed by atoms with Crippen molar-refractivity contribution in [2.45, 2.75) is 0 Å². The summed E-state index contributed by atoms with van der Waals surface area (Å²) in [7, 11) is 0. The van der Waals surface area contributed by atoms with Gasteiger partial charge in [-0.2, -0.15) is 15.8 Å². The molecule has 0 amide bonds. The number of fused-ring (bicyclic) bond motifs is 12. The lowest BCUT2D eigenvalue weighted by molar-refractivity contribution is 1.06. The monoisotopic (exact) mass is 1150 g/mol. The number of nitrogens with zero attached hydrogens (tertiary/aromatic N) is 8. The predicted octanol–water partition coefficient (Wildman–Crippen LogP) is 20.4. The molecule has 88 heavy (non-hydrogen) atoms. The summed E-state index contributed by atoms with van der Waals surface area (Å²) in [6, 6.07) is 94.9. The standard InChI is InChI=1S/C78H42N8S2/c79-43-46-14-13-17-49(36-46)47-28-30-48(31-29-47)76-82-77(60-34-32-50(54-18-3-1-15-52(54)44-80)37-68(60)85-66-24-9-5-20-56(66)62-39-64-58-22-7-11-26-72(58)87-74(64)41-70(62)85)84-78(83-76)61-35-33-51(55-19-4-2-16-53(55)45-81)38-69(61)86-67-25-10-6-21-57(67)63-40-65-59-23-8-12-27-73(59)88-75(65)42-71(63)86/h1-42H. The van der Waals surface area contributed by atoms with Crippen molar-refractivity contribution < 1.29 is 0 Å². The third-order valence-electron chi connectivity index (χ3n) is 17.1. The SMILES string of the molecule is N#Cc1cccc(-c2ccc(-c3nc(-c4ccc(-c5ccccc5C#N)cc4-n4c5ccccc5c5cc6c(cc54)sc4ccccc46)nc(-c4ccc(-c5ccccc5C#N)cc4-n4c5ccccc5c5cc6c(cc54)sc4ccccc46)n3)cc2)c1. The summed E-state index contributed by atoms with van der Waals surface area (Å²) in [5.41, 5.74) is 14.9. The molecule has 0 fully saturated rings. The van der Waals surface area contributed by atoms with Gasteiger partial charge in [-0.25, -0.2) is 15.0 Å². The largest absolute Gasteiger partial charge is 0.308 e. The molecule has 0 spiro atoms. The van der Waals surface area contributed by atoms with Gasteiger partial charge in [0.2, 0.25) is 0 Å². The number of para-hydroxylation sites is 2. The minimum Gasteiger partial charge on any atom is -0.308 e. The zero-order valence-electron chi connectivity index (χ0n) is 46.6. The van der Waals surface area contributed by atoms with Gasteiger partial charge >= 0.3 is 0 Å². The molecule has 0 saturated heterocycles. The molecular formula is C78H42N8S2. The van der Waals surface area contributed by atoms with Crippen LogP contribution < -0.4 is 0 Å². The lowest BCUT2D eigenvalue weighted by atomic mass is 9.97. The van der Waals surface area contributed by atoms with Gasteiger partial charge in [-0.15, -0.1) is 22.7 Å². The normalized spacial score (nSPS) is 11.6. The smallest absolute Gasteiger partial charge is 0.166 e. The van der Waals surface area contributed by atoms with E-state index in [4.69, 9.17) is 15.0 Å². The Balaban J connectivity index is 0.968. The van der Waals surface area contributed by atoms with Crippen LogP contribution in [0.5, 0.6) is 0 Å². The van der Waals surface area contributed by atoms with Crippen LogP contribution in [0.3, 0.4) is 0 Å². The Morgan fingerprint density at radius 2 is 0.716 bits per heavy atom. The van der Waals surface area contributed by atoms with Gasteiger partial charge in [0.05, 0.1) is 68.3 Å². The van der Waals surface area contributed by atoms with E-state index in [1.165, 1.54) is 40.3 Å². The first-order valence-corrected chi connectivity index (χ1v) is 30.4. The molecule has 17 rings (SSSR count). The number of thiophene rings is 2. The van der Waals surface area contributed by atoms with Crippen molar-refractivity contribution in [3.8, 4) is 97.1 Å². The fourth-order valence-corrected chi connectivity index (χ4v) is 15.3. The Hall–Kier alpha value is -11.8. The summed E-state index contributed by atoms with van der Waals surface area (Å²) in [5, 5.41) is 40.3. The summed E-state index contributed by atoms with van der Waals surface area (Å²) >= 11 is 3.57. The van der Waals surface area contributed by atoms with Crippen molar-refractivity contribution in [1.29, 1.82) is 15.8 Å². The topological polar surface area (TPSA) is 120 Å². The molecule has 5 aromatic heterocycles. The van der Waals surface area contributed by atoms with E-state index in [1.807, 2.05) is 97.1 Å². The summed E-state index contributed by atoms with van der Waals surface area (Å²) in [6.45, 7) is 0.